The first kappa shape index (κ1) is 14.8. The van der Waals surface area contributed by atoms with Crippen LogP contribution in [0.2, 0.25) is 5.02 Å². The number of hydrogen-bond acceptors (Lipinski definition) is 2. The minimum Gasteiger partial charge on any atom is -0.394 e. The van der Waals surface area contributed by atoms with Crippen LogP contribution in [0.4, 0.5) is 13.2 Å². The first-order valence-electron chi connectivity index (χ1n) is 5.06. The molecule has 1 atom stereocenters. The third kappa shape index (κ3) is 4.54. The second kappa shape index (κ2) is 6.06. The number of halogens is 4. The molecule has 0 spiro atoms. The SMILES string of the molecule is O=C(NC(CO)Cc1ccc(Cl)cc1)C(F)(F)F. The molecule has 0 radical (unpaired) electrons. The van der Waals surface area contributed by atoms with E-state index >= 15 is 0 Å². The van der Waals surface area contributed by atoms with E-state index in [1.54, 1.807) is 29.6 Å². The molecule has 0 aromatic heterocycles. The molecule has 3 nitrogen and oxygen atoms in total. The van der Waals surface area contributed by atoms with Gasteiger partial charge in [-0.3, -0.25) is 4.79 Å². The van der Waals surface area contributed by atoms with Gasteiger partial charge in [-0.15, -0.1) is 0 Å². The van der Waals surface area contributed by atoms with Crippen molar-refractivity contribution in [2.24, 2.45) is 0 Å². The van der Waals surface area contributed by atoms with Crippen molar-refractivity contribution in [1.82, 2.24) is 5.32 Å². The predicted octanol–water partition coefficient (Wildman–Crippen LogP) is 1.92. The molecule has 1 aromatic carbocycles. The lowest BCUT2D eigenvalue weighted by Crippen LogP contribution is -2.45. The van der Waals surface area contributed by atoms with E-state index in [0.29, 0.717) is 10.6 Å². The number of amides is 1. The Balaban J connectivity index is 2.62. The summed E-state index contributed by atoms with van der Waals surface area (Å²) in [4.78, 5) is 10.7. The average Bonchev–Trinajstić information content (AvgIpc) is 2.29. The van der Waals surface area contributed by atoms with Crippen LogP contribution >= 0.6 is 11.6 Å². The highest BCUT2D eigenvalue weighted by Crippen LogP contribution is 2.15. The molecule has 100 valence electrons. The van der Waals surface area contributed by atoms with Crippen LogP contribution in [0.3, 0.4) is 0 Å². The predicted molar refractivity (Wildman–Crippen MR) is 60.2 cm³/mol. The second-order valence-electron chi connectivity index (χ2n) is 3.68. The summed E-state index contributed by atoms with van der Waals surface area (Å²) in [5, 5.41) is 11.2. The Hall–Kier alpha value is -1.27. The lowest BCUT2D eigenvalue weighted by atomic mass is 10.1. The molecule has 1 aromatic rings. The fourth-order valence-corrected chi connectivity index (χ4v) is 1.46. The summed E-state index contributed by atoms with van der Waals surface area (Å²) in [5.74, 6) is -2.06. The minimum absolute atomic E-state index is 0.0927. The van der Waals surface area contributed by atoms with E-state index < -0.39 is 24.7 Å². The highest BCUT2D eigenvalue weighted by atomic mass is 35.5. The zero-order valence-electron chi connectivity index (χ0n) is 9.17. The van der Waals surface area contributed by atoms with Crippen molar-refractivity contribution in [3.8, 4) is 0 Å². The number of carbonyl (C=O) groups is 1. The van der Waals surface area contributed by atoms with Crippen molar-refractivity contribution in [2.45, 2.75) is 18.6 Å². The normalized spacial score (nSPS) is 13.2. The Morgan fingerprint density at radius 1 is 1.33 bits per heavy atom. The first-order chi connectivity index (χ1) is 8.32. The van der Waals surface area contributed by atoms with Gasteiger partial charge in [-0.2, -0.15) is 13.2 Å². The third-order valence-electron chi connectivity index (χ3n) is 2.21. The average molecular weight is 282 g/mol. The van der Waals surface area contributed by atoms with E-state index in [4.69, 9.17) is 16.7 Å². The maximum atomic E-state index is 12.0. The van der Waals surface area contributed by atoms with Gasteiger partial charge < -0.3 is 10.4 Å². The van der Waals surface area contributed by atoms with Crippen molar-refractivity contribution in [3.05, 3.63) is 34.9 Å². The Morgan fingerprint density at radius 2 is 1.89 bits per heavy atom. The van der Waals surface area contributed by atoms with E-state index in [1.165, 1.54) is 0 Å². The molecule has 0 bridgehead atoms. The molecule has 1 rings (SSSR count). The first-order valence-corrected chi connectivity index (χ1v) is 5.43. The van der Waals surface area contributed by atoms with Gasteiger partial charge in [0.2, 0.25) is 0 Å². The number of nitrogens with one attached hydrogen (secondary N) is 1. The van der Waals surface area contributed by atoms with Crippen molar-refractivity contribution in [2.75, 3.05) is 6.61 Å². The number of benzene rings is 1. The molecule has 0 aliphatic heterocycles. The number of carbonyl (C=O) groups excluding carboxylic acids is 1. The molecule has 0 fully saturated rings. The number of aliphatic hydroxyl groups is 1. The summed E-state index contributed by atoms with van der Waals surface area (Å²) in [7, 11) is 0. The van der Waals surface area contributed by atoms with Crippen molar-refractivity contribution >= 4 is 17.5 Å². The van der Waals surface area contributed by atoms with Gasteiger partial charge in [0, 0.05) is 5.02 Å². The van der Waals surface area contributed by atoms with Gasteiger partial charge >= 0.3 is 12.1 Å². The van der Waals surface area contributed by atoms with Crippen LogP contribution in [0.1, 0.15) is 5.56 Å². The standard InChI is InChI=1S/C11H11ClF3NO2/c12-8-3-1-7(2-4-8)5-9(6-17)16-10(18)11(13,14)15/h1-4,9,17H,5-6H2,(H,16,18). The molecule has 0 aliphatic rings. The van der Waals surface area contributed by atoms with Gasteiger partial charge in [-0.25, -0.2) is 0 Å². The van der Waals surface area contributed by atoms with Crippen LogP contribution in [-0.4, -0.2) is 29.8 Å². The summed E-state index contributed by atoms with van der Waals surface area (Å²) in [5.41, 5.74) is 0.668. The summed E-state index contributed by atoms with van der Waals surface area (Å²) in [6.45, 7) is -0.579. The monoisotopic (exact) mass is 281 g/mol. The molecule has 2 N–H and O–H groups in total. The van der Waals surface area contributed by atoms with Crippen molar-refractivity contribution in [1.29, 1.82) is 0 Å². The van der Waals surface area contributed by atoms with E-state index in [0.717, 1.165) is 0 Å². The van der Waals surface area contributed by atoms with Crippen LogP contribution in [0, 0.1) is 0 Å². The number of alkyl halides is 3. The van der Waals surface area contributed by atoms with Gasteiger partial charge in [0.15, 0.2) is 0 Å². The van der Waals surface area contributed by atoms with Crippen LogP contribution in [0.15, 0.2) is 24.3 Å². The Kier molecular flexibility index (Phi) is 4.98. The van der Waals surface area contributed by atoms with E-state index in [-0.39, 0.29) is 6.42 Å². The summed E-state index contributed by atoms with van der Waals surface area (Å²) in [6.07, 6.45) is -4.86. The number of hydrogen-bond donors (Lipinski definition) is 2. The highest BCUT2D eigenvalue weighted by Gasteiger charge is 2.39. The smallest absolute Gasteiger partial charge is 0.394 e. The summed E-state index contributed by atoms with van der Waals surface area (Å²) >= 11 is 5.66. The lowest BCUT2D eigenvalue weighted by molar-refractivity contribution is -0.174. The Labute approximate surface area is 107 Å². The van der Waals surface area contributed by atoms with Crippen molar-refractivity contribution in [3.63, 3.8) is 0 Å². The topological polar surface area (TPSA) is 49.3 Å². The molecule has 0 heterocycles. The molecule has 18 heavy (non-hydrogen) atoms. The second-order valence-corrected chi connectivity index (χ2v) is 4.12. The molecule has 7 heteroatoms. The third-order valence-corrected chi connectivity index (χ3v) is 2.46. The summed E-state index contributed by atoms with van der Waals surface area (Å²) < 4.78 is 36.1. The zero-order chi connectivity index (χ0) is 13.8. The molecule has 0 saturated carbocycles. The molecule has 0 aliphatic carbocycles. The number of aliphatic hydroxyl groups excluding tert-OH is 1. The highest BCUT2D eigenvalue weighted by molar-refractivity contribution is 6.30. The lowest BCUT2D eigenvalue weighted by Gasteiger charge is -2.17. The Morgan fingerprint density at radius 3 is 2.33 bits per heavy atom. The van der Waals surface area contributed by atoms with Crippen molar-refractivity contribution < 1.29 is 23.1 Å². The molecule has 0 saturated heterocycles. The van der Waals surface area contributed by atoms with Crippen LogP contribution in [0.5, 0.6) is 0 Å². The molecule has 1 unspecified atom stereocenters. The van der Waals surface area contributed by atoms with E-state index in [2.05, 4.69) is 0 Å². The number of rotatable bonds is 4. The molecular formula is C11H11ClF3NO2. The van der Waals surface area contributed by atoms with Gasteiger partial charge in [-0.1, -0.05) is 23.7 Å². The Bertz CT molecular complexity index is 406. The quantitative estimate of drug-likeness (QED) is 0.886. The molecular weight excluding hydrogens is 271 g/mol. The summed E-state index contributed by atoms with van der Waals surface area (Å²) in [6, 6.07) is 5.41. The molecule has 1 amide bonds. The van der Waals surface area contributed by atoms with Gasteiger partial charge in [0.05, 0.1) is 12.6 Å². The largest absolute Gasteiger partial charge is 0.471 e. The van der Waals surface area contributed by atoms with Gasteiger partial charge in [0.1, 0.15) is 0 Å². The fraction of sp³-hybridized carbons (Fsp3) is 0.364. The van der Waals surface area contributed by atoms with Crippen LogP contribution < -0.4 is 5.32 Å². The van der Waals surface area contributed by atoms with E-state index in [9.17, 15) is 18.0 Å². The van der Waals surface area contributed by atoms with Crippen LogP contribution in [0.25, 0.3) is 0 Å². The van der Waals surface area contributed by atoms with Gasteiger partial charge in [-0.05, 0) is 24.1 Å². The zero-order valence-corrected chi connectivity index (χ0v) is 9.92. The minimum atomic E-state index is -4.95. The maximum absolute atomic E-state index is 12.0. The van der Waals surface area contributed by atoms with Crippen LogP contribution in [-0.2, 0) is 11.2 Å². The van der Waals surface area contributed by atoms with E-state index in [1.807, 2.05) is 0 Å². The van der Waals surface area contributed by atoms with Gasteiger partial charge in [0.25, 0.3) is 0 Å². The maximum Gasteiger partial charge on any atom is 0.471 e. The fourth-order valence-electron chi connectivity index (χ4n) is 1.33.